The average molecular weight is 245 g/mol. The second-order valence-corrected chi connectivity index (χ2v) is 3.99. The lowest BCUT2D eigenvalue weighted by atomic mass is 10.2. The van der Waals surface area contributed by atoms with Gasteiger partial charge in [0.25, 0.3) is 0 Å². The first-order valence-electron chi connectivity index (χ1n) is 5.63. The molecule has 0 radical (unpaired) electrons. The Kier molecular flexibility index (Phi) is 3.62. The highest BCUT2D eigenvalue weighted by Crippen LogP contribution is 2.12. The minimum absolute atomic E-state index is 0.254. The molecule has 5 heteroatoms. The number of nitrogens with one attached hydrogen (secondary N) is 1. The van der Waals surface area contributed by atoms with Crippen LogP contribution >= 0.6 is 0 Å². The number of carbonyl (C=O) groups excluding carboxylic acids is 1. The fourth-order valence-electron chi connectivity index (χ4n) is 1.58. The Hall–Kier alpha value is -2.30. The number of aromatic nitrogens is 2. The lowest BCUT2D eigenvalue weighted by Gasteiger charge is -2.08. The number of amides is 1. The SMILES string of the molecule is Cc1cnn(C)c1NC(=O)OCc1ccccc1. The van der Waals surface area contributed by atoms with Crippen LogP contribution in [0.3, 0.4) is 0 Å². The molecule has 0 aliphatic rings. The normalized spacial score (nSPS) is 10.1. The maximum atomic E-state index is 11.6. The molecule has 0 unspecified atom stereocenters. The van der Waals surface area contributed by atoms with Gasteiger partial charge in [0.2, 0.25) is 0 Å². The molecule has 1 aromatic heterocycles. The molecule has 2 rings (SSSR count). The Morgan fingerprint density at radius 3 is 2.72 bits per heavy atom. The maximum absolute atomic E-state index is 11.6. The van der Waals surface area contributed by atoms with Gasteiger partial charge in [0.05, 0.1) is 6.20 Å². The molecule has 0 saturated carbocycles. The van der Waals surface area contributed by atoms with Crippen LogP contribution < -0.4 is 5.32 Å². The van der Waals surface area contributed by atoms with E-state index in [4.69, 9.17) is 4.74 Å². The Balaban J connectivity index is 1.90. The van der Waals surface area contributed by atoms with E-state index in [0.29, 0.717) is 5.82 Å². The number of hydrogen-bond acceptors (Lipinski definition) is 3. The van der Waals surface area contributed by atoms with Crippen LogP contribution in [0.2, 0.25) is 0 Å². The predicted molar refractivity (Wildman–Crippen MR) is 68.2 cm³/mol. The van der Waals surface area contributed by atoms with E-state index in [0.717, 1.165) is 11.1 Å². The second kappa shape index (κ2) is 5.35. The highest BCUT2D eigenvalue weighted by molar-refractivity contribution is 5.84. The van der Waals surface area contributed by atoms with Crippen molar-refractivity contribution in [1.82, 2.24) is 9.78 Å². The van der Waals surface area contributed by atoms with Crippen molar-refractivity contribution < 1.29 is 9.53 Å². The standard InChI is InChI=1S/C13H15N3O2/c1-10-8-14-16(2)12(10)15-13(17)18-9-11-6-4-3-5-7-11/h3-8H,9H2,1-2H3,(H,15,17). The van der Waals surface area contributed by atoms with Crippen LogP contribution in [-0.2, 0) is 18.4 Å². The van der Waals surface area contributed by atoms with Gasteiger partial charge in [-0.05, 0) is 12.5 Å². The van der Waals surface area contributed by atoms with Crippen LogP contribution in [0.25, 0.3) is 0 Å². The lowest BCUT2D eigenvalue weighted by Crippen LogP contribution is -2.16. The van der Waals surface area contributed by atoms with Gasteiger partial charge < -0.3 is 4.74 Å². The first-order chi connectivity index (χ1) is 8.66. The summed E-state index contributed by atoms with van der Waals surface area (Å²) in [5.74, 6) is 0.646. The monoisotopic (exact) mass is 245 g/mol. The minimum Gasteiger partial charge on any atom is -0.444 e. The molecule has 18 heavy (non-hydrogen) atoms. The van der Waals surface area contributed by atoms with Gasteiger partial charge in [-0.15, -0.1) is 0 Å². The van der Waals surface area contributed by atoms with E-state index in [1.807, 2.05) is 37.3 Å². The highest BCUT2D eigenvalue weighted by atomic mass is 16.5. The van der Waals surface area contributed by atoms with Crippen LogP contribution in [0, 0.1) is 6.92 Å². The Labute approximate surface area is 105 Å². The lowest BCUT2D eigenvalue weighted by molar-refractivity contribution is 0.155. The Morgan fingerprint density at radius 1 is 1.39 bits per heavy atom. The fraction of sp³-hybridized carbons (Fsp3) is 0.231. The molecule has 1 heterocycles. The first-order valence-corrected chi connectivity index (χ1v) is 5.63. The quantitative estimate of drug-likeness (QED) is 0.903. The molecular weight excluding hydrogens is 230 g/mol. The van der Waals surface area contributed by atoms with E-state index in [9.17, 15) is 4.79 Å². The zero-order chi connectivity index (χ0) is 13.0. The molecule has 0 saturated heterocycles. The first kappa shape index (κ1) is 12.2. The van der Waals surface area contributed by atoms with E-state index in [-0.39, 0.29) is 6.61 Å². The molecular formula is C13H15N3O2. The van der Waals surface area contributed by atoms with E-state index in [2.05, 4.69) is 10.4 Å². The van der Waals surface area contributed by atoms with E-state index >= 15 is 0 Å². The summed E-state index contributed by atoms with van der Waals surface area (Å²) in [4.78, 5) is 11.6. The smallest absolute Gasteiger partial charge is 0.413 e. The van der Waals surface area contributed by atoms with Crippen molar-refractivity contribution >= 4 is 11.9 Å². The number of carbonyl (C=O) groups is 1. The van der Waals surface area contributed by atoms with Crippen molar-refractivity contribution in [3.8, 4) is 0 Å². The molecule has 0 atom stereocenters. The van der Waals surface area contributed by atoms with Crippen LogP contribution in [0.5, 0.6) is 0 Å². The fourth-order valence-corrected chi connectivity index (χ4v) is 1.58. The summed E-state index contributed by atoms with van der Waals surface area (Å²) < 4.78 is 6.72. The summed E-state index contributed by atoms with van der Waals surface area (Å²) in [5.41, 5.74) is 1.85. The summed E-state index contributed by atoms with van der Waals surface area (Å²) in [6.45, 7) is 2.13. The van der Waals surface area contributed by atoms with Crippen molar-refractivity contribution in [3.63, 3.8) is 0 Å². The number of benzene rings is 1. The summed E-state index contributed by atoms with van der Waals surface area (Å²) in [5, 5.41) is 6.70. The Morgan fingerprint density at radius 2 is 2.11 bits per heavy atom. The van der Waals surface area contributed by atoms with Crippen LogP contribution in [0.15, 0.2) is 36.5 Å². The molecule has 1 N–H and O–H groups in total. The second-order valence-electron chi connectivity index (χ2n) is 3.99. The molecule has 0 spiro atoms. The minimum atomic E-state index is -0.481. The summed E-state index contributed by atoms with van der Waals surface area (Å²) in [6, 6.07) is 9.54. The van der Waals surface area contributed by atoms with E-state index in [1.165, 1.54) is 0 Å². The molecule has 0 bridgehead atoms. The van der Waals surface area contributed by atoms with Crippen molar-refractivity contribution in [2.45, 2.75) is 13.5 Å². The summed E-state index contributed by atoms with van der Waals surface area (Å²) in [6.07, 6.45) is 1.21. The van der Waals surface area contributed by atoms with Crippen molar-refractivity contribution in [1.29, 1.82) is 0 Å². The Bertz CT molecular complexity index is 515. The molecule has 0 aliphatic carbocycles. The number of rotatable bonds is 3. The van der Waals surface area contributed by atoms with E-state index < -0.39 is 6.09 Å². The topological polar surface area (TPSA) is 56.2 Å². The van der Waals surface area contributed by atoms with Gasteiger partial charge in [-0.2, -0.15) is 5.10 Å². The van der Waals surface area contributed by atoms with Gasteiger partial charge in [-0.3, -0.25) is 10.00 Å². The van der Waals surface area contributed by atoms with Crippen LogP contribution in [0.4, 0.5) is 10.6 Å². The van der Waals surface area contributed by atoms with Gasteiger partial charge in [0, 0.05) is 12.6 Å². The molecule has 2 aromatic rings. The molecule has 5 nitrogen and oxygen atoms in total. The molecule has 1 aromatic carbocycles. The third-order valence-corrected chi connectivity index (χ3v) is 2.55. The van der Waals surface area contributed by atoms with Gasteiger partial charge in [-0.25, -0.2) is 4.79 Å². The third kappa shape index (κ3) is 2.88. The molecule has 94 valence electrons. The molecule has 0 aliphatic heterocycles. The number of anilines is 1. The number of hydrogen-bond donors (Lipinski definition) is 1. The molecule has 0 fully saturated rings. The van der Waals surface area contributed by atoms with Crippen molar-refractivity contribution in [2.24, 2.45) is 7.05 Å². The van der Waals surface area contributed by atoms with Gasteiger partial charge in [0.15, 0.2) is 0 Å². The van der Waals surface area contributed by atoms with Gasteiger partial charge >= 0.3 is 6.09 Å². The number of aryl methyl sites for hydroxylation is 2. The predicted octanol–water partition coefficient (Wildman–Crippen LogP) is 2.48. The maximum Gasteiger partial charge on any atom is 0.413 e. The largest absolute Gasteiger partial charge is 0.444 e. The van der Waals surface area contributed by atoms with Crippen molar-refractivity contribution in [3.05, 3.63) is 47.7 Å². The highest BCUT2D eigenvalue weighted by Gasteiger charge is 2.09. The van der Waals surface area contributed by atoms with E-state index in [1.54, 1.807) is 17.9 Å². The average Bonchev–Trinajstić information content (AvgIpc) is 2.69. The van der Waals surface area contributed by atoms with Crippen LogP contribution in [0.1, 0.15) is 11.1 Å². The van der Waals surface area contributed by atoms with Crippen LogP contribution in [-0.4, -0.2) is 15.9 Å². The third-order valence-electron chi connectivity index (χ3n) is 2.55. The number of nitrogens with zero attached hydrogens (tertiary/aromatic N) is 2. The van der Waals surface area contributed by atoms with Gasteiger partial charge in [-0.1, -0.05) is 30.3 Å². The van der Waals surface area contributed by atoms with Gasteiger partial charge in [0.1, 0.15) is 12.4 Å². The zero-order valence-electron chi connectivity index (χ0n) is 10.4. The molecule has 1 amide bonds. The number of ether oxygens (including phenoxy) is 1. The summed E-state index contributed by atoms with van der Waals surface area (Å²) >= 11 is 0. The summed E-state index contributed by atoms with van der Waals surface area (Å²) in [7, 11) is 1.76. The zero-order valence-corrected chi connectivity index (χ0v) is 10.4. The van der Waals surface area contributed by atoms with Crippen molar-refractivity contribution in [2.75, 3.05) is 5.32 Å².